The minimum absolute atomic E-state index is 0.221. The lowest BCUT2D eigenvalue weighted by Crippen LogP contribution is -2.36. The van der Waals surface area contributed by atoms with Crippen LogP contribution in [0.25, 0.3) is 10.2 Å². The predicted octanol–water partition coefficient (Wildman–Crippen LogP) is 2.78. The summed E-state index contributed by atoms with van der Waals surface area (Å²) in [6.07, 6.45) is 1.16. The number of carbonyl (C=O) groups is 1. The molecule has 29 heavy (non-hydrogen) atoms. The lowest BCUT2D eigenvalue weighted by Gasteiger charge is -2.22. The largest absolute Gasteiger partial charge is 0.308 e. The molecule has 0 aliphatic heterocycles. The highest BCUT2D eigenvalue weighted by atomic mass is 32.2. The molecule has 0 fully saturated rings. The predicted molar refractivity (Wildman–Crippen MR) is 114 cm³/mol. The van der Waals surface area contributed by atoms with Gasteiger partial charge in [0.25, 0.3) is 5.91 Å². The van der Waals surface area contributed by atoms with Crippen molar-refractivity contribution in [3.63, 3.8) is 0 Å². The lowest BCUT2D eigenvalue weighted by molar-refractivity contribution is 0.0985. The van der Waals surface area contributed by atoms with E-state index in [0.29, 0.717) is 39.6 Å². The van der Waals surface area contributed by atoms with E-state index in [-0.39, 0.29) is 10.8 Å². The van der Waals surface area contributed by atoms with Crippen molar-refractivity contribution in [1.82, 2.24) is 9.88 Å². The van der Waals surface area contributed by atoms with E-state index in [1.807, 2.05) is 25.1 Å². The Balaban J connectivity index is 2.01. The third-order valence-electron chi connectivity index (χ3n) is 4.28. The molecule has 0 saturated heterocycles. The van der Waals surface area contributed by atoms with Gasteiger partial charge in [-0.15, -0.1) is 0 Å². The van der Waals surface area contributed by atoms with Crippen LogP contribution in [0, 0.1) is 11.3 Å². The van der Waals surface area contributed by atoms with Gasteiger partial charge in [-0.2, -0.15) is 5.26 Å². The van der Waals surface area contributed by atoms with E-state index in [1.165, 1.54) is 17.4 Å². The van der Waals surface area contributed by atoms with E-state index < -0.39 is 9.84 Å². The van der Waals surface area contributed by atoms with Crippen LogP contribution in [0.1, 0.15) is 15.9 Å². The zero-order chi connectivity index (χ0) is 21.2. The van der Waals surface area contributed by atoms with Crippen molar-refractivity contribution in [2.75, 3.05) is 38.3 Å². The van der Waals surface area contributed by atoms with Crippen LogP contribution >= 0.6 is 11.3 Å². The van der Waals surface area contributed by atoms with E-state index in [9.17, 15) is 13.2 Å². The first-order valence-corrected chi connectivity index (χ1v) is 11.5. The van der Waals surface area contributed by atoms with Gasteiger partial charge in [-0.05, 0) is 56.6 Å². The summed E-state index contributed by atoms with van der Waals surface area (Å²) in [5, 5.41) is 9.46. The van der Waals surface area contributed by atoms with Crippen molar-refractivity contribution in [1.29, 1.82) is 5.26 Å². The van der Waals surface area contributed by atoms with Gasteiger partial charge in [-0.3, -0.25) is 9.69 Å². The van der Waals surface area contributed by atoms with Gasteiger partial charge in [0.05, 0.1) is 26.7 Å². The molecule has 0 atom stereocenters. The van der Waals surface area contributed by atoms with Gasteiger partial charge >= 0.3 is 0 Å². The van der Waals surface area contributed by atoms with Crippen LogP contribution in [0.15, 0.2) is 47.4 Å². The molecule has 0 aliphatic rings. The summed E-state index contributed by atoms with van der Waals surface area (Å²) in [4.78, 5) is 21.5. The standard InChI is InChI=1S/C20H20N4O3S2/c1-23(2)10-11-24(19(25)15-6-4-14(13-21)5-7-15)20-22-17-9-8-16(29(3,26)27)12-18(17)28-20/h4-9,12H,10-11H2,1-3H3. The monoisotopic (exact) mass is 428 g/mol. The zero-order valence-corrected chi connectivity index (χ0v) is 17.9. The Hall–Kier alpha value is -2.80. The second kappa shape index (κ2) is 8.29. The van der Waals surface area contributed by atoms with Crippen LogP contribution in [0.4, 0.5) is 5.13 Å². The molecule has 0 radical (unpaired) electrons. The van der Waals surface area contributed by atoms with Crippen molar-refractivity contribution in [2.24, 2.45) is 0 Å². The summed E-state index contributed by atoms with van der Waals surface area (Å²) in [5.74, 6) is -0.223. The first kappa shape index (κ1) is 20.9. The number of rotatable bonds is 6. The van der Waals surface area contributed by atoms with Gasteiger partial charge in [0.1, 0.15) is 0 Å². The molecule has 1 heterocycles. The summed E-state index contributed by atoms with van der Waals surface area (Å²) < 4.78 is 24.4. The average Bonchev–Trinajstić information content (AvgIpc) is 3.10. The van der Waals surface area contributed by atoms with Crippen LogP contribution in [-0.2, 0) is 9.84 Å². The molecular weight excluding hydrogens is 408 g/mol. The fraction of sp³-hybridized carbons (Fsp3) is 0.250. The Morgan fingerprint density at radius 2 is 1.83 bits per heavy atom. The van der Waals surface area contributed by atoms with Crippen molar-refractivity contribution in [2.45, 2.75) is 4.90 Å². The van der Waals surface area contributed by atoms with E-state index in [4.69, 9.17) is 5.26 Å². The highest BCUT2D eigenvalue weighted by molar-refractivity contribution is 7.90. The third-order valence-corrected chi connectivity index (χ3v) is 6.44. The number of amides is 1. The Bertz CT molecular complexity index is 1190. The number of likely N-dealkylation sites (N-methyl/N-ethyl adjacent to an activating group) is 1. The van der Waals surface area contributed by atoms with Crippen LogP contribution in [-0.4, -0.2) is 57.6 Å². The summed E-state index contributed by atoms with van der Waals surface area (Å²) in [7, 11) is 0.508. The molecule has 7 nitrogen and oxygen atoms in total. The van der Waals surface area contributed by atoms with Gasteiger partial charge in [-0.25, -0.2) is 13.4 Å². The number of fused-ring (bicyclic) bond motifs is 1. The number of aromatic nitrogens is 1. The average molecular weight is 429 g/mol. The Kier molecular flexibility index (Phi) is 5.98. The summed E-state index contributed by atoms with van der Waals surface area (Å²) in [6, 6.07) is 13.3. The van der Waals surface area contributed by atoms with Gasteiger partial charge < -0.3 is 4.90 Å². The summed E-state index contributed by atoms with van der Waals surface area (Å²) in [5.41, 5.74) is 1.58. The Morgan fingerprint density at radius 1 is 1.14 bits per heavy atom. The second-order valence-electron chi connectivity index (χ2n) is 6.85. The molecule has 3 rings (SSSR count). The van der Waals surface area contributed by atoms with E-state index in [1.54, 1.807) is 41.3 Å². The highest BCUT2D eigenvalue weighted by Crippen LogP contribution is 2.31. The molecular formula is C20H20N4O3S2. The van der Waals surface area contributed by atoms with Crippen molar-refractivity contribution < 1.29 is 13.2 Å². The smallest absolute Gasteiger partial charge is 0.260 e. The SMILES string of the molecule is CN(C)CCN(C(=O)c1ccc(C#N)cc1)c1nc2ccc(S(C)(=O)=O)cc2s1. The van der Waals surface area contributed by atoms with Crippen LogP contribution in [0.2, 0.25) is 0 Å². The molecule has 2 aromatic carbocycles. The zero-order valence-electron chi connectivity index (χ0n) is 16.3. The summed E-state index contributed by atoms with van der Waals surface area (Å²) in [6.45, 7) is 1.05. The minimum Gasteiger partial charge on any atom is -0.308 e. The van der Waals surface area contributed by atoms with E-state index in [0.717, 1.165) is 6.26 Å². The Labute approximate surface area is 173 Å². The minimum atomic E-state index is -3.33. The molecule has 150 valence electrons. The van der Waals surface area contributed by atoms with Gasteiger partial charge in [0.15, 0.2) is 15.0 Å². The Morgan fingerprint density at radius 3 is 2.41 bits per heavy atom. The van der Waals surface area contributed by atoms with Crippen molar-refractivity contribution in [3.05, 3.63) is 53.6 Å². The topological polar surface area (TPSA) is 94.4 Å². The van der Waals surface area contributed by atoms with Crippen LogP contribution < -0.4 is 4.90 Å². The first-order valence-electron chi connectivity index (χ1n) is 8.76. The lowest BCUT2D eigenvalue weighted by atomic mass is 10.1. The maximum atomic E-state index is 13.2. The fourth-order valence-electron chi connectivity index (χ4n) is 2.67. The first-order chi connectivity index (χ1) is 13.7. The molecule has 0 bridgehead atoms. The van der Waals surface area contributed by atoms with Crippen molar-refractivity contribution in [3.8, 4) is 6.07 Å². The number of benzene rings is 2. The fourth-order valence-corrected chi connectivity index (χ4v) is 4.42. The maximum Gasteiger partial charge on any atom is 0.260 e. The quantitative estimate of drug-likeness (QED) is 0.599. The number of thiazole rings is 1. The number of sulfone groups is 1. The molecule has 0 N–H and O–H groups in total. The maximum absolute atomic E-state index is 13.2. The van der Waals surface area contributed by atoms with Gasteiger partial charge in [0, 0.05) is 24.9 Å². The highest BCUT2D eigenvalue weighted by Gasteiger charge is 2.22. The number of anilines is 1. The molecule has 3 aromatic rings. The second-order valence-corrected chi connectivity index (χ2v) is 9.87. The van der Waals surface area contributed by atoms with Crippen molar-refractivity contribution >= 4 is 42.4 Å². The number of nitrogens with zero attached hydrogens (tertiary/aromatic N) is 4. The van der Waals surface area contributed by atoms with Gasteiger partial charge in [0.2, 0.25) is 0 Å². The molecule has 0 unspecified atom stereocenters. The molecule has 0 spiro atoms. The molecule has 1 aromatic heterocycles. The number of hydrogen-bond acceptors (Lipinski definition) is 7. The van der Waals surface area contributed by atoms with E-state index in [2.05, 4.69) is 4.98 Å². The molecule has 0 aliphatic carbocycles. The number of hydrogen-bond donors (Lipinski definition) is 0. The third kappa shape index (κ3) is 4.79. The molecule has 0 saturated carbocycles. The van der Waals surface area contributed by atoms with Crippen LogP contribution in [0.3, 0.4) is 0 Å². The normalized spacial score (nSPS) is 11.6. The molecule has 1 amide bonds. The molecule has 9 heteroatoms. The van der Waals surface area contributed by atoms with Gasteiger partial charge in [-0.1, -0.05) is 11.3 Å². The van der Waals surface area contributed by atoms with E-state index >= 15 is 0 Å². The van der Waals surface area contributed by atoms with Crippen LogP contribution in [0.5, 0.6) is 0 Å². The number of nitriles is 1. The summed E-state index contributed by atoms with van der Waals surface area (Å²) >= 11 is 1.28. The number of carbonyl (C=O) groups excluding carboxylic acids is 1.